The monoisotopic (exact) mass is 239 g/mol. The van der Waals surface area contributed by atoms with Gasteiger partial charge in [0.05, 0.1) is 12.0 Å². The largest absolute Gasteiger partial charge is 0.344 e. The predicted octanol–water partition coefficient (Wildman–Crippen LogP) is 1.76. The fourth-order valence-electron chi connectivity index (χ4n) is 1.79. The standard InChI is InChI=1S/C13H25N3O/c1-10(8-14)9-16(5)12(17)6-11(15)7-13(2,3)4/h10-11H,6-7,9,15H2,1-5H3. The summed E-state index contributed by atoms with van der Waals surface area (Å²) in [5, 5.41) is 8.69. The van der Waals surface area contributed by atoms with Gasteiger partial charge in [-0.1, -0.05) is 20.8 Å². The molecule has 2 atom stereocenters. The third-order valence-electron chi connectivity index (χ3n) is 2.51. The van der Waals surface area contributed by atoms with Gasteiger partial charge in [-0.05, 0) is 18.8 Å². The van der Waals surface area contributed by atoms with E-state index in [4.69, 9.17) is 11.0 Å². The zero-order valence-electron chi connectivity index (χ0n) is 11.7. The van der Waals surface area contributed by atoms with E-state index in [1.165, 1.54) is 0 Å². The Morgan fingerprint density at radius 3 is 2.41 bits per heavy atom. The highest BCUT2D eigenvalue weighted by Crippen LogP contribution is 2.21. The molecule has 0 aromatic rings. The lowest BCUT2D eigenvalue weighted by atomic mass is 9.87. The minimum absolute atomic E-state index is 0.0175. The molecule has 0 bridgehead atoms. The molecule has 0 aliphatic carbocycles. The molecule has 2 N–H and O–H groups in total. The third-order valence-corrected chi connectivity index (χ3v) is 2.51. The van der Waals surface area contributed by atoms with Crippen LogP contribution < -0.4 is 5.73 Å². The zero-order valence-corrected chi connectivity index (χ0v) is 11.7. The van der Waals surface area contributed by atoms with Gasteiger partial charge in [0, 0.05) is 26.1 Å². The number of carbonyl (C=O) groups is 1. The average Bonchev–Trinajstić information content (AvgIpc) is 2.14. The molecule has 0 aromatic carbocycles. The summed E-state index contributed by atoms with van der Waals surface area (Å²) < 4.78 is 0. The molecule has 2 unspecified atom stereocenters. The van der Waals surface area contributed by atoms with Gasteiger partial charge in [0.25, 0.3) is 0 Å². The molecule has 0 heterocycles. The maximum absolute atomic E-state index is 11.8. The van der Waals surface area contributed by atoms with E-state index >= 15 is 0 Å². The van der Waals surface area contributed by atoms with Gasteiger partial charge in [0.2, 0.25) is 5.91 Å². The molecule has 0 saturated carbocycles. The number of hydrogen-bond donors (Lipinski definition) is 1. The fourth-order valence-corrected chi connectivity index (χ4v) is 1.79. The van der Waals surface area contributed by atoms with Crippen LogP contribution in [-0.2, 0) is 4.79 Å². The molecular weight excluding hydrogens is 214 g/mol. The third kappa shape index (κ3) is 7.76. The molecule has 0 saturated heterocycles. The first-order valence-corrected chi connectivity index (χ1v) is 6.05. The molecule has 4 heteroatoms. The Morgan fingerprint density at radius 2 is 2.00 bits per heavy atom. The SMILES string of the molecule is CC(C#N)CN(C)C(=O)CC(N)CC(C)(C)C. The van der Waals surface area contributed by atoms with E-state index in [-0.39, 0.29) is 23.3 Å². The van der Waals surface area contributed by atoms with Crippen molar-refractivity contribution in [1.29, 1.82) is 5.26 Å². The lowest BCUT2D eigenvalue weighted by molar-refractivity contribution is -0.130. The first-order valence-electron chi connectivity index (χ1n) is 6.05. The Kier molecular flexibility index (Phi) is 6.19. The van der Waals surface area contributed by atoms with Crippen molar-refractivity contribution in [3.8, 4) is 6.07 Å². The lowest BCUT2D eigenvalue weighted by Gasteiger charge is -2.25. The van der Waals surface area contributed by atoms with Crippen molar-refractivity contribution >= 4 is 5.91 Å². The van der Waals surface area contributed by atoms with E-state index in [0.29, 0.717) is 13.0 Å². The summed E-state index contributed by atoms with van der Waals surface area (Å²) in [6, 6.07) is 2.01. The number of rotatable bonds is 5. The Bertz CT molecular complexity index is 288. The highest BCUT2D eigenvalue weighted by atomic mass is 16.2. The van der Waals surface area contributed by atoms with Crippen LogP contribution in [0.25, 0.3) is 0 Å². The Morgan fingerprint density at radius 1 is 1.47 bits per heavy atom. The van der Waals surface area contributed by atoms with Crippen molar-refractivity contribution in [2.75, 3.05) is 13.6 Å². The van der Waals surface area contributed by atoms with Crippen molar-refractivity contribution < 1.29 is 4.79 Å². The van der Waals surface area contributed by atoms with Gasteiger partial charge in [-0.2, -0.15) is 5.26 Å². The normalized spacial score (nSPS) is 14.9. The summed E-state index contributed by atoms with van der Waals surface area (Å²) in [5.41, 5.74) is 6.09. The molecule has 17 heavy (non-hydrogen) atoms. The van der Waals surface area contributed by atoms with Crippen LogP contribution in [0.1, 0.15) is 40.5 Å². The Labute approximate surface area is 105 Å². The lowest BCUT2D eigenvalue weighted by Crippen LogP contribution is -2.37. The van der Waals surface area contributed by atoms with Crippen LogP contribution in [0.2, 0.25) is 0 Å². The van der Waals surface area contributed by atoms with E-state index in [9.17, 15) is 4.79 Å². The summed E-state index contributed by atoms with van der Waals surface area (Å²) in [6.45, 7) is 8.60. The van der Waals surface area contributed by atoms with Gasteiger partial charge >= 0.3 is 0 Å². The average molecular weight is 239 g/mol. The van der Waals surface area contributed by atoms with Crippen molar-refractivity contribution in [2.24, 2.45) is 17.1 Å². The van der Waals surface area contributed by atoms with Crippen LogP contribution in [-0.4, -0.2) is 30.4 Å². The highest BCUT2D eigenvalue weighted by Gasteiger charge is 2.20. The first-order chi connectivity index (χ1) is 7.65. The number of hydrogen-bond acceptors (Lipinski definition) is 3. The van der Waals surface area contributed by atoms with Crippen LogP contribution in [0.15, 0.2) is 0 Å². The molecule has 0 aliphatic heterocycles. The maximum Gasteiger partial charge on any atom is 0.223 e. The minimum Gasteiger partial charge on any atom is -0.344 e. The van der Waals surface area contributed by atoms with Gasteiger partial charge in [-0.15, -0.1) is 0 Å². The summed E-state index contributed by atoms with van der Waals surface area (Å²) in [7, 11) is 1.72. The van der Waals surface area contributed by atoms with Gasteiger partial charge in [-0.25, -0.2) is 0 Å². The van der Waals surface area contributed by atoms with Crippen molar-refractivity contribution in [3.63, 3.8) is 0 Å². The van der Waals surface area contributed by atoms with Crippen LogP contribution in [0.4, 0.5) is 0 Å². The topological polar surface area (TPSA) is 70.1 Å². The fraction of sp³-hybridized carbons (Fsp3) is 0.846. The Balaban J connectivity index is 4.13. The zero-order chi connectivity index (χ0) is 13.6. The Hall–Kier alpha value is -1.08. The second-order valence-corrected chi connectivity index (χ2v) is 6.03. The molecule has 4 nitrogen and oxygen atoms in total. The molecular formula is C13H25N3O. The van der Waals surface area contributed by atoms with E-state index in [1.54, 1.807) is 18.9 Å². The molecule has 98 valence electrons. The van der Waals surface area contributed by atoms with Crippen LogP contribution in [0.3, 0.4) is 0 Å². The number of nitrogens with zero attached hydrogens (tertiary/aromatic N) is 2. The van der Waals surface area contributed by atoms with Gasteiger partial charge in [0.1, 0.15) is 0 Å². The first kappa shape index (κ1) is 15.9. The van der Waals surface area contributed by atoms with Crippen molar-refractivity contribution in [1.82, 2.24) is 4.90 Å². The molecule has 0 fully saturated rings. The van der Waals surface area contributed by atoms with E-state index in [0.717, 1.165) is 6.42 Å². The quantitative estimate of drug-likeness (QED) is 0.794. The van der Waals surface area contributed by atoms with E-state index in [1.807, 2.05) is 0 Å². The summed E-state index contributed by atoms with van der Waals surface area (Å²) in [5.74, 6) is -0.119. The molecule has 1 amide bonds. The summed E-state index contributed by atoms with van der Waals surface area (Å²) >= 11 is 0. The molecule has 0 rings (SSSR count). The highest BCUT2D eigenvalue weighted by molar-refractivity contribution is 5.76. The number of amides is 1. The minimum atomic E-state index is -0.136. The number of carbonyl (C=O) groups excluding carboxylic acids is 1. The van der Waals surface area contributed by atoms with Gasteiger partial charge in [0.15, 0.2) is 0 Å². The molecule has 0 spiro atoms. The van der Waals surface area contributed by atoms with E-state index < -0.39 is 0 Å². The van der Waals surface area contributed by atoms with Gasteiger partial charge in [-0.3, -0.25) is 4.79 Å². The van der Waals surface area contributed by atoms with Crippen molar-refractivity contribution in [2.45, 2.75) is 46.6 Å². The second kappa shape index (κ2) is 6.61. The summed E-state index contributed by atoms with van der Waals surface area (Å²) in [6.07, 6.45) is 1.17. The van der Waals surface area contributed by atoms with Crippen LogP contribution in [0.5, 0.6) is 0 Å². The number of nitrogens with two attached hydrogens (primary N) is 1. The smallest absolute Gasteiger partial charge is 0.223 e. The van der Waals surface area contributed by atoms with Gasteiger partial charge < -0.3 is 10.6 Å². The van der Waals surface area contributed by atoms with Crippen LogP contribution in [0, 0.1) is 22.7 Å². The van der Waals surface area contributed by atoms with E-state index in [2.05, 4.69) is 26.8 Å². The molecule has 0 aromatic heterocycles. The molecule has 0 radical (unpaired) electrons. The number of nitriles is 1. The predicted molar refractivity (Wildman–Crippen MR) is 69.1 cm³/mol. The van der Waals surface area contributed by atoms with Crippen LogP contribution >= 0.6 is 0 Å². The maximum atomic E-state index is 11.8. The summed E-state index contributed by atoms with van der Waals surface area (Å²) in [4.78, 5) is 13.4. The van der Waals surface area contributed by atoms with Crippen molar-refractivity contribution in [3.05, 3.63) is 0 Å². The second-order valence-electron chi connectivity index (χ2n) is 6.03. The molecule has 0 aliphatic rings.